The summed E-state index contributed by atoms with van der Waals surface area (Å²) < 4.78 is 21.9. The molecule has 1 saturated heterocycles. The van der Waals surface area contributed by atoms with Gasteiger partial charge in [0.1, 0.15) is 23.2 Å². The number of anilines is 1. The van der Waals surface area contributed by atoms with E-state index in [0.29, 0.717) is 23.7 Å². The monoisotopic (exact) mass is 453 g/mol. The van der Waals surface area contributed by atoms with Crippen molar-refractivity contribution >= 4 is 28.3 Å². The Labute approximate surface area is 188 Å². The molecule has 0 unspecified atom stereocenters. The summed E-state index contributed by atoms with van der Waals surface area (Å²) in [6.45, 7) is 3.24. The molecule has 1 aliphatic rings. The molecule has 0 amide bonds. The Morgan fingerprint density at radius 3 is 2.84 bits per heavy atom. The minimum atomic E-state index is -0.538. The third-order valence-corrected chi connectivity index (χ3v) is 6.29. The molecule has 4 aromatic rings. The molecule has 1 aliphatic heterocycles. The standard InChI is InChI=1S/C23H21ClFN5O2/c1-13-27-18-9-20(30-7-3-4-14(11-30)19-10-26-12-32-19)28-22(21(18)23(31)29(13)2)16-6-5-15(24)8-17(16)25/h5-6,8-10,12,14H,3-4,7,11H2,1-2H3/t14-/m0/s1. The number of hydrogen-bond donors (Lipinski definition) is 0. The molecule has 0 spiro atoms. The van der Waals surface area contributed by atoms with Crippen molar-refractivity contribution in [3.8, 4) is 11.3 Å². The molecule has 7 nitrogen and oxygen atoms in total. The molecule has 3 aromatic heterocycles. The van der Waals surface area contributed by atoms with Crippen LogP contribution in [-0.2, 0) is 7.05 Å². The zero-order chi connectivity index (χ0) is 22.4. The predicted molar refractivity (Wildman–Crippen MR) is 121 cm³/mol. The highest BCUT2D eigenvalue weighted by Crippen LogP contribution is 2.34. The lowest BCUT2D eigenvalue weighted by Gasteiger charge is -2.33. The van der Waals surface area contributed by atoms with Crippen LogP contribution < -0.4 is 10.5 Å². The van der Waals surface area contributed by atoms with Crippen LogP contribution in [0.1, 0.15) is 30.3 Å². The predicted octanol–water partition coefficient (Wildman–Crippen LogP) is 4.47. The van der Waals surface area contributed by atoms with Gasteiger partial charge in [-0.05, 0) is 38.0 Å². The molecule has 0 bridgehead atoms. The normalized spacial score (nSPS) is 16.6. The smallest absolute Gasteiger partial charge is 0.263 e. The number of benzene rings is 1. The summed E-state index contributed by atoms with van der Waals surface area (Å²) in [7, 11) is 1.65. The highest BCUT2D eigenvalue weighted by molar-refractivity contribution is 6.30. The van der Waals surface area contributed by atoms with Gasteiger partial charge >= 0.3 is 0 Å². The molecule has 0 N–H and O–H groups in total. The molecule has 5 rings (SSSR count). The number of aromatic nitrogens is 4. The summed E-state index contributed by atoms with van der Waals surface area (Å²) in [5.41, 5.74) is 0.699. The van der Waals surface area contributed by atoms with Crippen LogP contribution in [0, 0.1) is 12.7 Å². The van der Waals surface area contributed by atoms with Gasteiger partial charge < -0.3 is 9.32 Å². The van der Waals surface area contributed by atoms with Gasteiger partial charge in [-0.1, -0.05) is 11.6 Å². The number of pyridine rings is 1. The third-order valence-electron chi connectivity index (χ3n) is 6.06. The van der Waals surface area contributed by atoms with E-state index in [1.807, 2.05) is 6.07 Å². The zero-order valence-corrected chi connectivity index (χ0v) is 18.4. The van der Waals surface area contributed by atoms with E-state index in [1.165, 1.54) is 17.0 Å². The minimum absolute atomic E-state index is 0.179. The van der Waals surface area contributed by atoms with E-state index >= 15 is 0 Å². The Bertz CT molecular complexity index is 1370. The van der Waals surface area contributed by atoms with E-state index in [9.17, 15) is 9.18 Å². The summed E-state index contributed by atoms with van der Waals surface area (Å²) in [6.07, 6.45) is 5.10. The molecule has 9 heteroatoms. The number of piperidine rings is 1. The van der Waals surface area contributed by atoms with Crippen LogP contribution in [-0.4, -0.2) is 32.6 Å². The fraction of sp³-hybridized carbons (Fsp3) is 0.304. The topological polar surface area (TPSA) is 77.1 Å². The highest BCUT2D eigenvalue weighted by atomic mass is 35.5. The van der Waals surface area contributed by atoms with E-state index in [1.54, 1.807) is 32.3 Å². The first-order chi connectivity index (χ1) is 15.4. The Hall–Kier alpha value is -3.26. The van der Waals surface area contributed by atoms with Crippen molar-refractivity contribution in [1.29, 1.82) is 0 Å². The van der Waals surface area contributed by atoms with Crippen LogP contribution in [0.15, 0.2) is 46.1 Å². The molecule has 164 valence electrons. The molecule has 0 aliphatic carbocycles. The summed E-state index contributed by atoms with van der Waals surface area (Å²) in [5.74, 6) is 1.69. The van der Waals surface area contributed by atoms with Crippen molar-refractivity contribution < 1.29 is 8.81 Å². The second-order valence-corrected chi connectivity index (χ2v) is 8.50. The summed E-state index contributed by atoms with van der Waals surface area (Å²) in [5, 5.41) is 0.561. The molecular formula is C23H21ClFN5O2. The second kappa shape index (κ2) is 8.02. The fourth-order valence-electron chi connectivity index (χ4n) is 4.26. The van der Waals surface area contributed by atoms with Crippen LogP contribution in [0.25, 0.3) is 22.2 Å². The number of rotatable bonds is 3. The summed E-state index contributed by atoms with van der Waals surface area (Å²) in [4.78, 5) is 28.7. The Balaban J connectivity index is 1.69. The lowest BCUT2D eigenvalue weighted by atomic mass is 9.96. The average molecular weight is 454 g/mol. The minimum Gasteiger partial charge on any atom is -0.448 e. The van der Waals surface area contributed by atoms with E-state index < -0.39 is 5.82 Å². The quantitative estimate of drug-likeness (QED) is 0.455. The largest absolute Gasteiger partial charge is 0.448 e. The van der Waals surface area contributed by atoms with Crippen molar-refractivity contribution in [3.05, 3.63) is 69.6 Å². The number of aryl methyl sites for hydroxylation is 1. The first-order valence-corrected chi connectivity index (χ1v) is 10.8. The van der Waals surface area contributed by atoms with Crippen molar-refractivity contribution in [2.75, 3.05) is 18.0 Å². The van der Waals surface area contributed by atoms with Crippen LogP contribution >= 0.6 is 11.6 Å². The van der Waals surface area contributed by atoms with Gasteiger partial charge in [0.2, 0.25) is 0 Å². The van der Waals surface area contributed by atoms with Gasteiger partial charge in [-0.25, -0.2) is 19.3 Å². The van der Waals surface area contributed by atoms with E-state index in [-0.39, 0.29) is 33.1 Å². The summed E-state index contributed by atoms with van der Waals surface area (Å²) in [6, 6.07) is 6.18. The fourth-order valence-corrected chi connectivity index (χ4v) is 4.42. The highest BCUT2D eigenvalue weighted by Gasteiger charge is 2.26. The average Bonchev–Trinajstić information content (AvgIpc) is 3.32. The zero-order valence-electron chi connectivity index (χ0n) is 17.7. The van der Waals surface area contributed by atoms with Crippen LogP contribution in [0.4, 0.5) is 10.2 Å². The summed E-state index contributed by atoms with van der Waals surface area (Å²) >= 11 is 5.96. The molecule has 1 atom stereocenters. The van der Waals surface area contributed by atoms with E-state index in [4.69, 9.17) is 21.0 Å². The lowest BCUT2D eigenvalue weighted by Crippen LogP contribution is -2.35. The molecule has 0 saturated carbocycles. The third kappa shape index (κ3) is 3.54. The molecular weight excluding hydrogens is 433 g/mol. The number of nitrogens with zero attached hydrogens (tertiary/aromatic N) is 5. The molecule has 1 fully saturated rings. The van der Waals surface area contributed by atoms with Crippen LogP contribution in [0.3, 0.4) is 0 Å². The van der Waals surface area contributed by atoms with Gasteiger partial charge in [-0.2, -0.15) is 0 Å². The Morgan fingerprint density at radius 2 is 2.09 bits per heavy atom. The lowest BCUT2D eigenvalue weighted by molar-refractivity contribution is 0.410. The molecule has 0 radical (unpaired) electrons. The van der Waals surface area contributed by atoms with Gasteiger partial charge in [0.15, 0.2) is 6.39 Å². The molecule has 32 heavy (non-hydrogen) atoms. The first kappa shape index (κ1) is 20.6. The van der Waals surface area contributed by atoms with E-state index in [0.717, 1.165) is 25.1 Å². The van der Waals surface area contributed by atoms with Crippen molar-refractivity contribution in [3.63, 3.8) is 0 Å². The first-order valence-electron chi connectivity index (χ1n) is 10.4. The number of hydrogen-bond acceptors (Lipinski definition) is 6. The van der Waals surface area contributed by atoms with Crippen LogP contribution in [0.2, 0.25) is 5.02 Å². The van der Waals surface area contributed by atoms with Crippen molar-refractivity contribution in [2.24, 2.45) is 7.05 Å². The number of halogens is 2. The van der Waals surface area contributed by atoms with Gasteiger partial charge in [-0.3, -0.25) is 9.36 Å². The van der Waals surface area contributed by atoms with Crippen LogP contribution in [0.5, 0.6) is 0 Å². The van der Waals surface area contributed by atoms with Crippen molar-refractivity contribution in [1.82, 2.24) is 19.5 Å². The maximum absolute atomic E-state index is 14.9. The molecule has 1 aromatic carbocycles. The Morgan fingerprint density at radius 1 is 1.25 bits per heavy atom. The second-order valence-electron chi connectivity index (χ2n) is 8.06. The van der Waals surface area contributed by atoms with E-state index in [2.05, 4.69) is 14.9 Å². The molecule has 4 heterocycles. The van der Waals surface area contributed by atoms with Gasteiger partial charge in [0.05, 0.1) is 22.8 Å². The van der Waals surface area contributed by atoms with Crippen molar-refractivity contribution in [2.45, 2.75) is 25.7 Å². The SMILES string of the molecule is Cc1nc2cc(N3CCC[C@H](c4cnco4)C3)nc(-c3ccc(Cl)cc3F)c2c(=O)n1C. The number of oxazole rings is 1. The number of fused-ring (bicyclic) bond motifs is 1. The van der Waals surface area contributed by atoms with Gasteiger partial charge in [-0.15, -0.1) is 0 Å². The Kier molecular flexibility index (Phi) is 5.17. The maximum Gasteiger partial charge on any atom is 0.263 e. The van der Waals surface area contributed by atoms with Gasteiger partial charge in [0.25, 0.3) is 5.56 Å². The van der Waals surface area contributed by atoms with Gasteiger partial charge in [0, 0.05) is 42.7 Å². The maximum atomic E-state index is 14.9.